The maximum absolute atomic E-state index is 13.7. The number of rotatable bonds is 16. The zero-order valence-corrected chi connectivity index (χ0v) is 78.9. The number of piperidine rings is 3. The number of imidazole rings is 3. The molecule has 704 valence electrons. The van der Waals surface area contributed by atoms with E-state index in [0.29, 0.717) is 34.8 Å². The van der Waals surface area contributed by atoms with Crippen molar-refractivity contribution >= 4 is 128 Å². The van der Waals surface area contributed by atoms with Crippen molar-refractivity contribution in [2.45, 2.75) is 183 Å². The summed E-state index contributed by atoms with van der Waals surface area (Å²) < 4.78 is 75.0. The van der Waals surface area contributed by atoms with Crippen molar-refractivity contribution in [3.8, 4) is 0 Å². The quantitative estimate of drug-likeness (QED) is 0.0114. The number of nitrogens with zero attached hydrogens (tertiary/aromatic N) is 30. The number of carbonyl (C=O) groups excluding carboxylic acids is 2. The number of nitrogens with two attached hydrogens (primary N) is 2. The molecule has 6 saturated heterocycles. The molecular weight excluding hydrogens is 1820 g/mol. The largest absolute Gasteiger partial charge is 1.00 e. The zero-order valence-electron chi connectivity index (χ0n) is 73.6. The number of carbonyl (C=O) groups is 2. The summed E-state index contributed by atoms with van der Waals surface area (Å²) in [5.74, 6) is 6.29. The van der Waals surface area contributed by atoms with Gasteiger partial charge in [0.2, 0.25) is 17.8 Å². The number of ether oxygens (including phenoxy) is 5. The van der Waals surface area contributed by atoms with E-state index >= 15 is 0 Å². The SMILES string of the molecule is C.C.C[C@@H]1OCC2(CCN(c3nc[c-]c4nccn34)CC2)[C@@H]1NC(=O)OC(C)(C)C.C[C@@H]1OCC2(CCN(c3ncc(Sc4ccnc5cc(F)ccc45)c4nccn34)CC2)[C@@H]1N.C[C@@H]1OCC2(CCN(c3ncc(Sc4ccnc5cc(F)ccc45)c4nccn34)CC2)[C@@H]1NC(=O)OC(C)(C)C.Fc1ccc2c(Cl)ccnc2c1.N=N/N=N/N=N/N=N/N=N/N=N/N=N/N=N/N.[Na+].[SH-]. The van der Waals surface area contributed by atoms with Gasteiger partial charge in [-0.05, 0) is 234 Å². The number of aromatic nitrogens is 12. The number of anilines is 3. The molecule has 50 heteroatoms. The number of pyridine rings is 3. The number of amides is 2. The van der Waals surface area contributed by atoms with Gasteiger partial charge < -0.3 is 84.6 Å². The second kappa shape index (κ2) is 47.0. The Labute approximate surface area is 811 Å². The van der Waals surface area contributed by atoms with E-state index < -0.39 is 17.3 Å². The molecule has 9 aromatic heterocycles. The second-order valence-corrected chi connectivity index (χ2v) is 35.8. The molecule has 6 fully saturated rings. The standard InChI is InChI=1S/C29H33FN6O3S.C24H25FN6OS.C20H28N5O3.C9H5ClFN.2CH4.H3N17.Na.H2S/c1-18-24(34-27(37)39-28(2,3)4)29(17-38-18)8-12-35(13-9-29)26-33-16-23(25-32-11-14-36(25)26)40-22-7-10-31-21-15-19(30)5-6-20(21)22;1-15-21(26)24(14-32-15)5-9-30(10-6-24)23-29-13-20(22-28-8-11-31(22)23)33-19-4-7-27-18-12-16(25)2-3-17(18)19;1-14-16(23-18(26)28-19(2,3)4)20(13-27-14)6-10-24(11-7-20)17-22-8-5-15-21-9-12-25(15)17;10-8-3-4-12-9-5-6(11)1-2-7(8)9;;;1-3-5-7-9-11-13-15-17-16-14-12-10-8-6-4-2;;/h5-7,10-11,14-16,18,24H,8-9,12-13,17H2,1-4H3,(H,34,37);2-4,7-8,11-13,15,21H,5-6,9-10,14,26H2,1H3;8-9,12,14,16H,6-7,10-11,13H2,1-4H3,(H,23,26);1-5H;2*1H4;(H3,1,2,5,6,9,10,13,14,17);;1H2/q;;-1;;;;;+1;/p-1/t18-,24+;15-,21+;14-,16+;;;;;;/m000....../s1. The Hall–Kier alpha value is -11.7. The van der Waals surface area contributed by atoms with Gasteiger partial charge >= 0.3 is 41.7 Å². The molecule has 6 atom stereocenters. The molecule has 42 nitrogen and oxygen atoms in total. The molecule has 3 spiro atoms. The number of benzene rings is 3. The number of halogens is 4. The van der Waals surface area contributed by atoms with Crippen LogP contribution in [0.2, 0.25) is 5.02 Å². The van der Waals surface area contributed by atoms with Crippen molar-refractivity contribution in [3.05, 3.63) is 176 Å². The van der Waals surface area contributed by atoms with Crippen LogP contribution in [0.4, 0.5) is 40.6 Å². The zero-order chi connectivity index (χ0) is 91.7. The molecular formula is C84H103ClF3N35NaO7S3-. The molecule has 0 bridgehead atoms. The van der Waals surface area contributed by atoms with Crippen LogP contribution in [-0.2, 0) is 37.2 Å². The molecule has 2 amide bonds. The Morgan fingerprint density at radius 2 is 0.858 bits per heavy atom. The minimum atomic E-state index is -0.558. The first-order valence-corrected chi connectivity index (χ1v) is 43.3. The van der Waals surface area contributed by atoms with Crippen LogP contribution in [-0.4, -0.2) is 177 Å². The number of alkyl carbamates (subject to hydrolysis) is 2. The number of hydrogen-bond acceptors (Lipinski definition) is 25. The summed E-state index contributed by atoms with van der Waals surface area (Å²) in [5.41, 5.74) is 15.7. The van der Waals surface area contributed by atoms with Crippen LogP contribution in [0.25, 0.3) is 49.7 Å². The van der Waals surface area contributed by atoms with E-state index in [1.165, 1.54) is 36.4 Å². The molecule has 15 heterocycles. The third-order valence-corrected chi connectivity index (χ3v) is 25.3. The number of hydrogen-bond donors (Lipinski definition) is 5. The van der Waals surface area contributed by atoms with Crippen molar-refractivity contribution in [3.63, 3.8) is 0 Å². The average molecular weight is 1930 g/mol. The van der Waals surface area contributed by atoms with Gasteiger partial charge in [0.1, 0.15) is 28.7 Å². The Morgan fingerprint density at radius 3 is 1.27 bits per heavy atom. The summed E-state index contributed by atoms with van der Waals surface area (Å²) in [6.45, 7) is 24.3. The topological polar surface area (TPSA) is 505 Å². The van der Waals surface area contributed by atoms with Crippen molar-refractivity contribution < 1.29 is 76.0 Å². The molecule has 12 aromatic rings. The van der Waals surface area contributed by atoms with Crippen molar-refractivity contribution in [1.29, 1.82) is 5.53 Å². The Balaban J connectivity index is 0.000000181. The van der Waals surface area contributed by atoms with Gasteiger partial charge in [-0.1, -0.05) is 55.2 Å². The van der Waals surface area contributed by atoms with Crippen LogP contribution in [0.15, 0.2) is 245 Å². The van der Waals surface area contributed by atoms with Crippen LogP contribution in [0, 0.1) is 45.3 Å². The Bertz CT molecular complexity index is 6230. The van der Waals surface area contributed by atoms with Crippen molar-refractivity contribution in [2.75, 3.05) is 73.8 Å². The summed E-state index contributed by atoms with van der Waals surface area (Å²) >= 11 is 8.96. The third-order valence-electron chi connectivity index (χ3n) is 22.8. The fraction of sp³-hybridized carbons (Fsp3) is 0.440. The van der Waals surface area contributed by atoms with Gasteiger partial charge in [0.05, 0.1) is 81.6 Å². The molecule has 0 radical (unpaired) electrons. The summed E-state index contributed by atoms with van der Waals surface area (Å²) in [6.07, 6.45) is 26.2. The fourth-order valence-corrected chi connectivity index (χ4v) is 18.7. The third kappa shape index (κ3) is 25.4. The van der Waals surface area contributed by atoms with Crippen LogP contribution < -0.4 is 66.5 Å². The molecule has 0 saturated carbocycles. The molecule has 7 N–H and O–H groups in total. The van der Waals surface area contributed by atoms with E-state index in [4.69, 9.17) is 56.5 Å². The van der Waals surface area contributed by atoms with Crippen LogP contribution in [0.1, 0.15) is 116 Å². The molecule has 3 aromatic carbocycles. The van der Waals surface area contributed by atoms with Gasteiger partial charge in [-0.2, -0.15) is 5.53 Å². The van der Waals surface area contributed by atoms with Crippen molar-refractivity contribution in [2.24, 2.45) is 106 Å². The molecule has 18 rings (SSSR count). The van der Waals surface area contributed by atoms with E-state index in [0.717, 1.165) is 155 Å². The number of nitrogens with one attached hydrogen (secondary N) is 3. The van der Waals surface area contributed by atoms with Gasteiger partial charge in [0.15, 0.2) is 11.3 Å². The van der Waals surface area contributed by atoms with Gasteiger partial charge in [-0.3, -0.25) is 33.7 Å². The monoisotopic (exact) mass is 1920 g/mol. The van der Waals surface area contributed by atoms with Crippen LogP contribution in [0.5, 0.6) is 0 Å². The second-order valence-electron chi connectivity index (χ2n) is 33.3. The first-order chi connectivity index (χ1) is 62.6. The van der Waals surface area contributed by atoms with E-state index in [2.05, 4.69) is 162 Å². The molecule has 6 aliphatic heterocycles. The van der Waals surface area contributed by atoms with Crippen molar-refractivity contribution in [1.82, 2.24) is 68.7 Å². The fourth-order valence-electron chi connectivity index (χ4n) is 16.5. The minimum absolute atomic E-state index is 0. The van der Waals surface area contributed by atoms with E-state index in [9.17, 15) is 22.8 Å². The first-order valence-electron chi connectivity index (χ1n) is 41.3. The number of fused-ring (bicyclic) bond motifs is 6. The molecule has 6 aliphatic rings. The average Bonchev–Trinajstić information content (AvgIpc) is 1.57. The first kappa shape index (κ1) is 104. The van der Waals surface area contributed by atoms with Crippen LogP contribution in [0.3, 0.4) is 0 Å². The van der Waals surface area contributed by atoms with E-state index in [-0.39, 0.29) is 134 Å². The smallest absolute Gasteiger partial charge is 0.813 e. The number of thiol groups is 1. The summed E-state index contributed by atoms with van der Waals surface area (Å²) in [4.78, 5) is 75.9. The predicted molar refractivity (Wildman–Crippen MR) is 494 cm³/mol. The van der Waals surface area contributed by atoms with Gasteiger partial charge in [0.25, 0.3) is 0 Å². The summed E-state index contributed by atoms with van der Waals surface area (Å²) in [7, 11) is 0. The maximum Gasteiger partial charge on any atom is 1.00 e. The summed E-state index contributed by atoms with van der Waals surface area (Å²) in [5, 5.41) is 52.6. The Kier molecular flexibility index (Phi) is 36.6. The normalized spacial score (nSPS) is 19.6. The van der Waals surface area contributed by atoms with Crippen LogP contribution >= 0.6 is 35.1 Å². The minimum Gasteiger partial charge on any atom is -0.813 e. The van der Waals surface area contributed by atoms with Gasteiger partial charge in [-0.25, -0.2) is 42.7 Å². The maximum atomic E-state index is 13.7. The molecule has 134 heavy (non-hydrogen) atoms. The summed E-state index contributed by atoms with van der Waals surface area (Å²) in [6, 6.07) is 22.2. The van der Waals surface area contributed by atoms with Gasteiger partial charge in [0, 0.05) is 174 Å². The van der Waals surface area contributed by atoms with E-state index in [1.807, 2.05) is 107 Å². The predicted octanol–water partition coefficient (Wildman–Crippen LogP) is 15.3. The molecule has 0 unspecified atom stereocenters. The van der Waals surface area contributed by atoms with Gasteiger partial charge in [-0.15, -0.1) is 6.20 Å². The Morgan fingerprint density at radius 1 is 0.493 bits per heavy atom. The molecule has 0 aliphatic carbocycles. The van der Waals surface area contributed by atoms with E-state index in [1.54, 1.807) is 91.2 Å².